The Kier molecular flexibility index (Phi) is 7.38. The number of nitrogens with one attached hydrogen (secondary N) is 1. The van der Waals surface area contributed by atoms with Crippen LogP contribution in [0.15, 0.2) is 0 Å². The smallest absolute Gasteiger partial charge is 0.318 e. The second-order valence-electron chi connectivity index (χ2n) is 7.62. The van der Waals surface area contributed by atoms with Crippen molar-refractivity contribution in [1.82, 2.24) is 10.2 Å². The monoisotopic (exact) mass is 337 g/mol. The number of urea groups is 1. The summed E-state index contributed by atoms with van der Waals surface area (Å²) in [6.07, 6.45) is 12.0. The molecular formula is C19H33N2O3-. The molecule has 2 fully saturated rings. The van der Waals surface area contributed by atoms with Crippen LogP contribution in [0.25, 0.3) is 0 Å². The molecule has 0 spiro atoms. The van der Waals surface area contributed by atoms with Gasteiger partial charge in [0.15, 0.2) is 0 Å². The van der Waals surface area contributed by atoms with Crippen LogP contribution in [0.1, 0.15) is 84.5 Å². The maximum atomic E-state index is 13.0. The summed E-state index contributed by atoms with van der Waals surface area (Å²) < 4.78 is 0. The van der Waals surface area contributed by atoms with Gasteiger partial charge in [-0.25, -0.2) is 4.79 Å². The summed E-state index contributed by atoms with van der Waals surface area (Å²) >= 11 is 0. The van der Waals surface area contributed by atoms with E-state index in [0.29, 0.717) is 6.42 Å². The number of carboxylic acid groups (broad SMARTS) is 1. The molecule has 0 saturated heterocycles. The summed E-state index contributed by atoms with van der Waals surface area (Å²) in [6, 6.07) is -0.567. The van der Waals surface area contributed by atoms with Crippen LogP contribution in [-0.2, 0) is 4.79 Å². The molecule has 0 bridgehead atoms. The highest BCUT2D eigenvalue weighted by atomic mass is 16.4. The van der Waals surface area contributed by atoms with E-state index >= 15 is 0 Å². The molecule has 1 N–H and O–H groups in total. The maximum Gasteiger partial charge on any atom is 0.318 e. The van der Waals surface area contributed by atoms with Gasteiger partial charge in [0.1, 0.15) is 0 Å². The number of carbonyl (C=O) groups is 2. The maximum absolute atomic E-state index is 13.0. The molecule has 24 heavy (non-hydrogen) atoms. The van der Waals surface area contributed by atoms with Gasteiger partial charge in [-0.1, -0.05) is 58.8 Å². The Morgan fingerprint density at radius 2 is 1.46 bits per heavy atom. The zero-order chi connectivity index (χ0) is 17.5. The van der Waals surface area contributed by atoms with E-state index in [-0.39, 0.29) is 24.0 Å². The van der Waals surface area contributed by atoms with Crippen molar-refractivity contribution in [2.45, 2.75) is 103 Å². The first-order valence-electron chi connectivity index (χ1n) is 9.84. The molecule has 2 aliphatic rings. The van der Waals surface area contributed by atoms with E-state index in [2.05, 4.69) is 5.32 Å². The number of carboxylic acids is 1. The predicted molar refractivity (Wildman–Crippen MR) is 92.4 cm³/mol. The summed E-state index contributed by atoms with van der Waals surface area (Å²) in [5.41, 5.74) is 0. The lowest BCUT2D eigenvalue weighted by molar-refractivity contribution is -0.309. The van der Waals surface area contributed by atoms with Gasteiger partial charge in [-0.05, 0) is 31.6 Å². The Hall–Kier alpha value is -1.26. The molecule has 0 unspecified atom stereocenters. The molecule has 2 saturated carbocycles. The van der Waals surface area contributed by atoms with Crippen molar-refractivity contribution < 1.29 is 14.7 Å². The van der Waals surface area contributed by atoms with Gasteiger partial charge in [0.2, 0.25) is 0 Å². The van der Waals surface area contributed by atoms with E-state index < -0.39 is 12.0 Å². The second-order valence-corrected chi connectivity index (χ2v) is 7.62. The molecule has 2 rings (SSSR count). The molecule has 0 radical (unpaired) electrons. The summed E-state index contributed by atoms with van der Waals surface area (Å²) in [6.45, 7) is 3.79. The Bertz CT molecular complexity index is 397. The SMILES string of the molecule is CC[C@H](C)[C@@H](NC(=O)N(C1CCCCC1)C1CCCCC1)C(=O)[O-]. The van der Waals surface area contributed by atoms with Crippen molar-refractivity contribution >= 4 is 12.0 Å². The van der Waals surface area contributed by atoms with Crippen LogP contribution in [0, 0.1) is 5.92 Å². The van der Waals surface area contributed by atoms with Crippen LogP contribution in [0.4, 0.5) is 4.79 Å². The number of nitrogens with zero attached hydrogens (tertiary/aromatic N) is 1. The van der Waals surface area contributed by atoms with Gasteiger partial charge in [0, 0.05) is 12.1 Å². The first-order chi connectivity index (χ1) is 11.5. The third kappa shape index (κ3) is 4.87. The normalized spacial score (nSPS) is 22.6. The highest BCUT2D eigenvalue weighted by molar-refractivity contribution is 5.82. The van der Waals surface area contributed by atoms with E-state index in [1.807, 2.05) is 18.7 Å². The van der Waals surface area contributed by atoms with E-state index in [0.717, 1.165) is 51.4 Å². The van der Waals surface area contributed by atoms with Crippen molar-refractivity contribution in [3.05, 3.63) is 0 Å². The van der Waals surface area contributed by atoms with Crippen LogP contribution in [-0.4, -0.2) is 35.0 Å². The number of hydrogen-bond donors (Lipinski definition) is 1. The standard InChI is InChI=1S/C19H34N2O3/c1-3-14(2)17(18(22)23)20-19(24)21(15-10-6-4-7-11-15)16-12-8-5-9-13-16/h14-17H,3-13H2,1-2H3,(H,20,24)(H,22,23)/p-1/t14-,17+/m0/s1. The predicted octanol–water partition coefficient (Wildman–Crippen LogP) is 2.83. The van der Waals surface area contributed by atoms with Gasteiger partial charge in [0.05, 0.1) is 12.0 Å². The molecule has 2 amide bonds. The minimum absolute atomic E-state index is 0.126. The molecule has 5 nitrogen and oxygen atoms in total. The van der Waals surface area contributed by atoms with Crippen LogP contribution in [0.2, 0.25) is 0 Å². The molecule has 2 atom stereocenters. The Balaban J connectivity index is 2.11. The molecule has 0 aromatic heterocycles. The van der Waals surface area contributed by atoms with Gasteiger partial charge < -0.3 is 20.1 Å². The number of amides is 2. The minimum atomic E-state index is -1.18. The summed E-state index contributed by atoms with van der Waals surface area (Å²) in [7, 11) is 0. The van der Waals surface area contributed by atoms with Crippen molar-refractivity contribution in [2.24, 2.45) is 5.92 Å². The first kappa shape index (κ1) is 19.1. The number of rotatable bonds is 6. The van der Waals surface area contributed by atoms with Crippen molar-refractivity contribution in [3.8, 4) is 0 Å². The van der Waals surface area contributed by atoms with Gasteiger partial charge in [-0.2, -0.15) is 0 Å². The fraction of sp³-hybridized carbons (Fsp3) is 0.895. The Morgan fingerprint density at radius 3 is 1.83 bits per heavy atom. The average molecular weight is 337 g/mol. The number of aliphatic carboxylic acids is 1. The van der Waals surface area contributed by atoms with E-state index in [1.54, 1.807) is 0 Å². The van der Waals surface area contributed by atoms with Gasteiger partial charge in [-0.3, -0.25) is 0 Å². The van der Waals surface area contributed by atoms with E-state index in [4.69, 9.17) is 0 Å². The minimum Gasteiger partial charge on any atom is -0.548 e. The highest BCUT2D eigenvalue weighted by Crippen LogP contribution is 2.30. The quantitative estimate of drug-likeness (QED) is 0.810. The van der Waals surface area contributed by atoms with Gasteiger partial charge in [-0.15, -0.1) is 0 Å². The topological polar surface area (TPSA) is 72.5 Å². The van der Waals surface area contributed by atoms with E-state index in [9.17, 15) is 14.7 Å². The van der Waals surface area contributed by atoms with Gasteiger partial charge in [0.25, 0.3) is 0 Å². The zero-order valence-electron chi connectivity index (χ0n) is 15.3. The highest BCUT2D eigenvalue weighted by Gasteiger charge is 2.34. The third-order valence-corrected chi connectivity index (χ3v) is 5.92. The molecule has 0 aliphatic heterocycles. The van der Waals surface area contributed by atoms with Crippen LogP contribution in [0.3, 0.4) is 0 Å². The van der Waals surface area contributed by atoms with Crippen LogP contribution in [0.5, 0.6) is 0 Å². The number of hydrogen-bond acceptors (Lipinski definition) is 3. The number of carbonyl (C=O) groups excluding carboxylic acids is 2. The molecule has 138 valence electrons. The molecule has 5 heteroatoms. The molecule has 2 aliphatic carbocycles. The Morgan fingerprint density at radius 1 is 1.00 bits per heavy atom. The fourth-order valence-corrected chi connectivity index (χ4v) is 4.22. The lowest BCUT2D eigenvalue weighted by Crippen LogP contribution is -2.59. The van der Waals surface area contributed by atoms with Crippen LogP contribution < -0.4 is 10.4 Å². The summed E-state index contributed by atoms with van der Waals surface area (Å²) in [5.74, 6) is -1.30. The summed E-state index contributed by atoms with van der Waals surface area (Å²) in [5, 5.41) is 14.3. The van der Waals surface area contributed by atoms with Crippen molar-refractivity contribution in [2.75, 3.05) is 0 Å². The third-order valence-electron chi connectivity index (χ3n) is 5.92. The largest absolute Gasteiger partial charge is 0.548 e. The van der Waals surface area contributed by atoms with E-state index in [1.165, 1.54) is 12.8 Å². The summed E-state index contributed by atoms with van der Waals surface area (Å²) in [4.78, 5) is 26.5. The van der Waals surface area contributed by atoms with Crippen molar-refractivity contribution in [1.29, 1.82) is 0 Å². The molecule has 0 aromatic rings. The first-order valence-corrected chi connectivity index (χ1v) is 9.84. The lowest BCUT2D eigenvalue weighted by Gasteiger charge is -2.42. The van der Waals surface area contributed by atoms with Crippen molar-refractivity contribution in [3.63, 3.8) is 0 Å². The Labute approximate surface area is 146 Å². The fourth-order valence-electron chi connectivity index (χ4n) is 4.22. The molecule has 0 heterocycles. The molecule has 0 aromatic carbocycles. The average Bonchev–Trinajstić information content (AvgIpc) is 2.61. The van der Waals surface area contributed by atoms with Gasteiger partial charge >= 0.3 is 6.03 Å². The molecular weight excluding hydrogens is 304 g/mol. The second kappa shape index (κ2) is 9.28. The zero-order valence-corrected chi connectivity index (χ0v) is 15.3. The lowest BCUT2D eigenvalue weighted by atomic mass is 9.89. The van der Waals surface area contributed by atoms with Crippen LogP contribution >= 0.6 is 0 Å².